The second-order valence-electron chi connectivity index (χ2n) is 6.34. The van der Waals surface area contributed by atoms with Crippen LogP contribution < -0.4 is 5.56 Å². The van der Waals surface area contributed by atoms with Gasteiger partial charge < -0.3 is 0 Å². The number of rotatable bonds is 4. The summed E-state index contributed by atoms with van der Waals surface area (Å²) in [5.74, 6) is 0. The summed E-state index contributed by atoms with van der Waals surface area (Å²) in [4.78, 5) is 15.9. The lowest BCUT2D eigenvalue weighted by molar-refractivity contribution is 0.884. The molecule has 4 rings (SSSR count). The van der Waals surface area contributed by atoms with Crippen LogP contribution >= 0.6 is 0 Å². The molecule has 4 aromatic rings. The minimum Gasteiger partial charge on any atom is -0.267 e. The van der Waals surface area contributed by atoms with Gasteiger partial charge in [0.1, 0.15) is 17.3 Å². The molecule has 0 aliphatic carbocycles. The summed E-state index contributed by atoms with van der Waals surface area (Å²) in [6.45, 7) is 1.70. The van der Waals surface area contributed by atoms with Crippen LogP contribution in [-0.2, 0) is 0 Å². The van der Waals surface area contributed by atoms with Crippen molar-refractivity contribution in [1.29, 1.82) is 5.26 Å². The Hall–Kier alpha value is -4.31. The molecule has 0 amide bonds. The minimum atomic E-state index is -0.491. The Labute approximate surface area is 166 Å². The van der Waals surface area contributed by atoms with Crippen molar-refractivity contribution in [2.45, 2.75) is 6.92 Å². The van der Waals surface area contributed by atoms with Crippen molar-refractivity contribution < 1.29 is 0 Å². The van der Waals surface area contributed by atoms with Crippen LogP contribution in [0, 0.1) is 18.3 Å². The molecule has 0 aliphatic rings. The van der Waals surface area contributed by atoms with E-state index < -0.39 is 5.56 Å². The number of aromatic nitrogens is 5. The van der Waals surface area contributed by atoms with Crippen molar-refractivity contribution in [2.75, 3.05) is 0 Å². The van der Waals surface area contributed by atoms with Crippen molar-refractivity contribution in [2.24, 2.45) is 0 Å². The van der Waals surface area contributed by atoms with E-state index in [1.807, 2.05) is 60.8 Å². The third-order valence-electron chi connectivity index (χ3n) is 4.49. The molecule has 0 fully saturated rings. The topological polar surface area (TPSA) is 100 Å². The van der Waals surface area contributed by atoms with Gasteiger partial charge in [0.15, 0.2) is 0 Å². The van der Waals surface area contributed by atoms with Crippen molar-refractivity contribution in [3.05, 3.63) is 93.8 Å². The molecule has 0 atom stereocenters. The first kappa shape index (κ1) is 18.1. The van der Waals surface area contributed by atoms with Gasteiger partial charge in [0.25, 0.3) is 5.56 Å². The molecular formula is C22H16N6O. The van der Waals surface area contributed by atoms with E-state index in [0.29, 0.717) is 11.3 Å². The molecule has 7 heteroatoms. The number of nitriles is 1. The van der Waals surface area contributed by atoms with E-state index in [1.54, 1.807) is 30.1 Å². The van der Waals surface area contributed by atoms with E-state index in [2.05, 4.69) is 15.2 Å². The SMILES string of the molecule is Cc1c(/C=C/c2cn(-c3ccccc3)nc2-c2cccnc2)n[nH]c(=O)c1C#N. The Bertz CT molecular complexity index is 1280. The molecule has 0 saturated carbocycles. The highest BCUT2D eigenvalue weighted by atomic mass is 16.1. The van der Waals surface area contributed by atoms with E-state index in [1.165, 1.54) is 0 Å². The molecule has 0 unspecified atom stereocenters. The Morgan fingerprint density at radius 2 is 1.97 bits per heavy atom. The summed E-state index contributed by atoms with van der Waals surface area (Å²) < 4.78 is 1.80. The average Bonchev–Trinajstić information content (AvgIpc) is 3.19. The predicted octanol–water partition coefficient (Wildman–Crippen LogP) is 3.37. The number of hydrogen-bond donors (Lipinski definition) is 1. The number of benzene rings is 1. The normalized spacial score (nSPS) is 10.9. The molecule has 1 N–H and O–H groups in total. The van der Waals surface area contributed by atoms with E-state index in [-0.39, 0.29) is 5.56 Å². The lowest BCUT2D eigenvalue weighted by Gasteiger charge is -2.00. The molecule has 0 saturated heterocycles. The molecule has 3 aromatic heterocycles. The summed E-state index contributed by atoms with van der Waals surface area (Å²) in [7, 11) is 0. The number of aromatic amines is 1. The molecule has 7 nitrogen and oxygen atoms in total. The van der Waals surface area contributed by atoms with Gasteiger partial charge in [-0.05, 0) is 48.9 Å². The largest absolute Gasteiger partial charge is 0.282 e. The zero-order valence-electron chi connectivity index (χ0n) is 15.6. The molecule has 0 bridgehead atoms. The number of H-pyrrole nitrogens is 1. The number of nitrogens with one attached hydrogen (secondary N) is 1. The van der Waals surface area contributed by atoms with Gasteiger partial charge in [0.2, 0.25) is 0 Å². The van der Waals surface area contributed by atoms with E-state index in [9.17, 15) is 10.1 Å². The smallest absolute Gasteiger partial charge is 0.267 e. The average molecular weight is 380 g/mol. The summed E-state index contributed by atoms with van der Waals surface area (Å²) >= 11 is 0. The van der Waals surface area contributed by atoms with Gasteiger partial charge in [-0.1, -0.05) is 18.2 Å². The monoisotopic (exact) mass is 380 g/mol. The summed E-state index contributed by atoms with van der Waals surface area (Å²) in [5.41, 5.74) is 4.06. The first-order valence-electron chi connectivity index (χ1n) is 8.90. The van der Waals surface area contributed by atoms with Crippen LogP contribution in [0.15, 0.2) is 65.8 Å². The molecule has 0 radical (unpaired) electrons. The standard InChI is InChI=1S/C22H16N6O/c1-15-19(12-23)22(29)26-25-20(15)10-9-17-14-28(18-7-3-2-4-8-18)27-21(17)16-6-5-11-24-13-16/h2-11,13-14H,1H3,(H,26,29)/b10-9+. The highest BCUT2D eigenvalue weighted by Gasteiger charge is 2.12. The number of para-hydroxylation sites is 1. The molecule has 3 heterocycles. The molecular weight excluding hydrogens is 364 g/mol. The molecule has 0 spiro atoms. The van der Waals surface area contributed by atoms with Crippen LogP contribution in [0.4, 0.5) is 0 Å². The Morgan fingerprint density at radius 3 is 2.69 bits per heavy atom. The third kappa shape index (κ3) is 3.59. The highest BCUT2D eigenvalue weighted by molar-refractivity contribution is 5.78. The predicted molar refractivity (Wildman–Crippen MR) is 110 cm³/mol. The van der Waals surface area contributed by atoms with Gasteiger partial charge in [0, 0.05) is 29.7 Å². The first-order valence-corrected chi connectivity index (χ1v) is 8.90. The van der Waals surface area contributed by atoms with E-state index in [0.717, 1.165) is 22.5 Å². The molecule has 140 valence electrons. The zero-order chi connectivity index (χ0) is 20.2. The quantitative estimate of drug-likeness (QED) is 0.585. The van der Waals surface area contributed by atoms with Gasteiger partial charge in [-0.3, -0.25) is 9.78 Å². The van der Waals surface area contributed by atoms with Gasteiger partial charge in [-0.25, -0.2) is 9.78 Å². The fraction of sp³-hybridized carbons (Fsp3) is 0.0455. The van der Waals surface area contributed by atoms with Crippen LogP contribution in [0.1, 0.15) is 22.4 Å². The van der Waals surface area contributed by atoms with E-state index >= 15 is 0 Å². The van der Waals surface area contributed by atoms with Crippen molar-refractivity contribution in [3.8, 4) is 23.0 Å². The highest BCUT2D eigenvalue weighted by Crippen LogP contribution is 2.25. The fourth-order valence-electron chi connectivity index (χ4n) is 2.96. The second kappa shape index (κ2) is 7.74. The van der Waals surface area contributed by atoms with Gasteiger partial charge in [0.05, 0.1) is 11.4 Å². The summed E-state index contributed by atoms with van der Waals surface area (Å²) in [5, 5.41) is 20.3. The Balaban J connectivity index is 1.81. The second-order valence-corrected chi connectivity index (χ2v) is 6.34. The molecule has 1 aromatic carbocycles. The van der Waals surface area contributed by atoms with Gasteiger partial charge in [-0.2, -0.15) is 15.5 Å². The van der Waals surface area contributed by atoms with Crippen LogP contribution in [0.3, 0.4) is 0 Å². The van der Waals surface area contributed by atoms with Gasteiger partial charge >= 0.3 is 0 Å². The maximum absolute atomic E-state index is 11.7. The third-order valence-corrected chi connectivity index (χ3v) is 4.49. The minimum absolute atomic E-state index is 0.0621. The maximum atomic E-state index is 11.7. The first-order chi connectivity index (χ1) is 14.2. The number of pyridine rings is 1. The Morgan fingerprint density at radius 1 is 1.14 bits per heavy atom. The summed E-state index contributed by atoms with van der Waals surface area (Å²) in [6.07, 6.45) is 9.01. The Kier molecular flexibility index (Phi) is 4.82. The lowest BCUT2D eigenvalue weighted by atomic mass is 10.1. The van der Waals surface area contributed by atoms with Gasteiger partial charge in [-0.15, -0.1) is 0 Å². The van der Waals surface area contributed by atoms with Crippen molar-refractivity contribution in [3.63, 3.8) is 0 Å². The lowest BCUT2D eigenvalue weighted by Crippen LogP contribution is -2.15. The van der Waals surface area contributed by atoms with Crippen LogP contribution in [0.5, 0.6) is 0 Å². The van der Waals surface area contributed by atoms with E-state index in [4.69, 9.17) is 5.10 Å². The van der Waals surface area contributed by atoms with Crippen molar-refractivity contribution >= 4 is 12.2 Å². The fourth-order valence-corrected chi connectivity index (χ4v) is 2.96. The van der Waals surface area contributed by atoms with Crippen molar-refractivity contribution in [1.82, 2.24) is 25.0 Å². The van der Waals surface area contributed by atoms with Crippen LogP contribution in [0.25, 0.3) is 29.1 Å². The number of hydrogen-bond acceptors (Lipinski definition) is 5. The molecule has 0 aliphatic heterocycles. The van der Waals surface area contributed by atoms with Crippen LogP contribution in [0.2, 0.25) is 0 Å². The van der Waals surface area contributed by atoms with Crippen LogP contribution in [-0.4, -0.2) is 25.0 Å². The maximum Gasteiger partial charge on any atom is 0.282 e. The summed E-state index contributed by atoms with van der Waals surface area (Å²) in [6, 6.07) is 15.5. The molecule has 29 heavy (non-hydrogen) atoms. The zero-order valence-corrected chi connectivity index (χ0v) is 15.6. The number of nitrogens with zero attached hydrogens (tertiary/aromatic N) is 5.